The molecule has 0 radical (unpaired) electrons. The summed E-state index contributed by atoms with van der Waals surface area (Å²) in [7, 11) is -3.56. The van der Waals surface area contributed by atoms with Gasteiger partial charge >= 0.3 is 11.9 Å². The maximum atomic E-state index is 12.2. The van der Waals surface area contributed by atoms with Crippen LogP contribution in [0.15, 0.2) is 53.4 Å². The van der Waals surface area contributed by atoms with Gasteiger partial charge < -0.3 is 19.3 Å². The quantitative estimate of drug-likeness (QED) is 0.592. The first kappa shape index (κ1) is 21.2. The molecule has 8 nitrogen and oxygen atoms in total. The zero-order valence-electron chi connectivity index (χ0n) is 15.2. The number of aryl methyl sites for hydroxylation is 1. The number of carboxylic acids is 1. The number of sulfone groups is 1. The molecule has 0 atom stereocenters. The number of hydrogen-bond acceptors (Lipinski definition) is 7. The highest BCUT2D eigenvalue weighted by Crippen LogP contribution is 2.26. The molecule has 0 fully saturated rings. The molecule has 2 aromatic carbocycles. The average Bonchev–Trinajstić information content (AvgIpc) is 2.65. The van der Waals surface area contributed by atoms with Gasteiger partial charge in [-0.1, -0.05) is 29.8 Å². The van der Waals surface area contributed by atoms with Crippen molar-refractivity contribution in [1.82, 2.24) is 0 Å². The van der Waals surface area contributed by atoms with Crippen molar-refractivity contribution in [3.8, 4) is 11.5 Å². The van der Waals surface area contributed by atoms with E-state index < -0.39 is 35.0 Å². The number of aliphatic carboxylic acids is 1. The minimum absolute atomic E-state index is 0.162. The number of ether oxygens (including phenoxy) is 3. The predicted octanol–water partition coefficient (Wildman–Crippen LogP) is 1.85. The van der Waals surface area contributed by atoms with E-state index in [4.69, 9.17) is 19.3 Å². The van der Waals surface area contributed by atoms with Gasteiger partial charge in [0.2, 0.25) is 0 Å². The van der Waals surface area contributed by atoms with E-state index in [1.807, 2.05) is 6.92 Å². The summed E-state index contributed by atoms with van der Waals surface area (Å²) in [5.74, 6) is -1.91. The zero-order valence-corrected chi connectivity index (χ0v) is 16.0. The first-order valence-electron chi connectivity index (χ1n) is 8.29. The molecule has 0 heterocycles. The summed E-state index contributed by atoms with van der Waals surface area (Å²) in [5.41, 5.74) is 0.940. The number of para-hydroxylation sites is 2. The SMILES string of the molecule is Cc1ccc(S(=O)(=O)CCOC(=O)COc2ccccc2OCC(=O)O)cc1. The van der Waals surface area contributed by atoms with Gasteiger partial charge in [-0.2, -0.15) is 0 Å². The fourth-order valence-corrected chi connectivity index (χ4v) is 3.22. The molecule has 0 spiro atoms. The lowest BCUT2D eigenvalue weighted by molar-refractivity contribution is -0.145. The van der Waals surface area contributed by atoms with E-state index in [-0.39, 0.29) is 28.8 Å². The van der Waals surface area contributed by atoms with Gasteiger partial charge in [0.15, 0.2) is 34.6 Å². The van der Waals surface area contributed by atoms with Crippen LogP contribution >= 0.6 is 0 Å². The Morgan fingerprint density at radius 2 is 1.50 bits per heavy atom. The Balaban J connectivity index is 1.82. The number of carbonyl (C=O) groups excluding carboxylic acids is 1. The van der Waals surface area contributed by atoms with Crippen molar-refractivity contribution in [3.05, 3.63) is 54.1 Å². The van der Waals surface area contributed by atoms with E-state index in [9.17, 15) is 18.0 Å². The van der Waals surface area contributed by atoms with Crippen LogP contribution in [-0.2, 0) is 24.2 Å². The number of esters is 1. The summed E-state index contributed by atoms with van der Waals surface area (Å²) >= 11 is 0. The molecular weight excluding hydrogens is 388 g/mol. The number of carbonyl (C=O) groups is 2. The van der Waals surface area contributed by atoms with Gasteiger partial charge in [-0.25, -0.2) is 18.0 Å². The van der Waals surface area contributed by atoms with Crippen LogP contribution in [0.25, 0.3) is 0 Å². The first-order valence-corrected chi connectivity index (χ1v) is 9.94. The highest BCUT2D eigenvalue weighted by molar-refractivity contribution is 7.91. The maximum absolute atomic E-state index is 12.2. The second kappa shape index (κ2) is 9.75. The van der Waals surface area contributed by atoms with Crippen LogP contribution in [0.5, 0.6) is 11.5 Å². The standard InChI is InChI=1S/C19H20O8S/c1-14-6-8-15(9-7-14)28(23,24)11-10-25-19(22)13-27-17-5-3-2-4-16(17)26-12-18(20)21/h2-9H,10-13H2,1H3,(H,20,21). The minimum atomic E-state index is -3.56. The molecule has 1 N–H and O–H groups in total. The van der Waals surface area contributed by atoms with Crippen LogP contribution in [0, 0.1) is 6.92 Å². The van der Waals surface area contributed by atoms with E-state index in [1.165, 1.54) is 24.3 Å². The van der Waals surface area contributed by atoms with Gasteiger partial charge in [0.05, 0.1) is 10.6 Å². The number of hydrogen-bond donors (Lipinski definition) is 1. The van der Waals surface area contributed by atoms with E-state index in [1.54, 1.807) is 24.3 Å². The second-order valence-electron chi connectivity index (χ2n) is 5.77. The van der Waals surface area contributed by atoms with Crippen molar-refractivity contribution in [2.75, 3.05) is 25.6 Å². The summed E-state index contributed by atoms with van der Waals surface area (Å²) in [6.45, 7) is 0.512. The highest BCUT2D eigenvalue weighted by atomic mass is 32.2. The summed E-state index contributed by atoms with van der Waals surface area (Å²) in [6.07, 6.45) is 0. The van der Waals surface area contributed by atoms with E-state index in [0.29, 0.717) is 0 Å². The summed E-state index contributed by atoms with van der Waals surface area (Å²) in [4.78, 5) is 22.5. The van der Waals surface area contributed by atoms with Crippen molar-refractivity contribution >= 4 is 21.8 Å². The molecule has 9 heteroatoms. The van der Waals surface area contributed by atoms with Gasteiger partial charge in [-0.3, -0.25) is 0 Å². The van der Waals surface area contributed by atoms with Crippen molar-refractivity contribution in [2.45, 2.75) is 11.8 Å². The smallest absolute Gasteiger partial charge is 0.344 e. The topological polar surface area (TPSA) is 116 Å². The van der Waals surface area contributed by atoms with Gasteiger partial charge in [0.1, 0.15) is 6.61 Å². The molecule has 0 bridgehead atoms. The normalized spacial score (nSPS) is 10.9. The van der Waals surface area contributed by atoms with Crippen LogP contribution < -0.4 is 9.47 Å². The van der Waals surface area contributed by atoms with Crippen molar-refractivity contribution in [3.63, 3.8) is 0 Å². The Bertz CT molecular complexity index is 919. The van der Waals surface area contributed by atoms with Gasteiger partial charge in [-0.05, 0) is 31.2 Å². The Kier molecular flexibility index (Phi) is 7.39. The fraction of sp³-hybridized carbons (Fsp3) is 0.263. The van der Waals surface area contributed by atoms with Crippen LogP contribution in [-0.4, -0.2) is 51.0 Å². The van der Waals surface area contributed by atoms with Crippen LogP contribution in [0.3, 0.4) is 0 Å². The molecule has 28 heavy (non-hydrogen) atoms. The van der Waals surface area contributed by atoms with E-state index >= 15 is 0 Å². The molecule has 0 aliphatic heterocycles. The summed E-state index contributed by atoms with van der Waals surface area (Å²) in [5, 5.41) is 8.65. The minimum Gasteiger partial charge on any atom is -0.479 e. The Labute approximate surface area is 162 Å². The molecule has 0 aliphatic rings. The lowest BCUT2D eigenvalue weighted by atomic mass is 10.2. The molecule has 0 aliphatic carbocycles. The van der Waals surface area contributed by atoms with Crippen LogP contribution in [0.2, 0.25) is 0 Å². The monoisotopic (exact) mass is 408 g/mol. The zero-order chi connectivity index (χ0) is 20.6. The molecule has 0 saturated heterocycles. The van der Waals surface area contributed by atoms with Crippen LogP contribution in [0.4, 0.5) is 0 Å². The molecule has 0 aromatic heterocycles. The lowest BCUT2D eigenvalue weighted by Gasteiger charge is -2.11. The molecule has 0 unspecified atom stereocenters. The molecule has 0 saturated carbocycles. The Morgan fingerprint density at radius 3 is 2.07 bits per heavy atom. The fourth-order valence-electron chi connectivity index (χ4n) is 2.14. The van der Waals surface area contributed by atoms with Crippen molar-refractivity contribution in [1.29, 1.82) is 0 Å². The largest absolute Gasteiger partial charge is 0.479 e. The third-order valence-electron chi connectivity index (χ3n) is 3.54. The number of rotatable bonds is 10. The Hall–Kier alpha value is -3.07. The molecule has 2 rings (SSSR count). The van der Waals surface area contributed by atoms with Gasteiger partial charge in [0.25, 0.3) is 0 Å². The number of carboxylic acid groups (broad SMARTS) is 1. The van der Waals surface area contributed by atoms with Gasteiger partial charge in [-0.15, -0.1) is 0 Å². The summed E-state index contributed by atoms with van der Waals surface area (Å²) in [6, 6.07) is 12.6. The number of benzene rings is 2. The second-order valence-corrected chi connectivity index (χ2v) is 7.88. The maximum Gasteiger partial charge on any atom is 0.344 e. The average molecular weight is 408 g/mol. The van der Waals surface area contributed by atoms with Crippen LogP contribution in [0.1, 0.15) is 5.56 Å². The van der Waals surface area contributed by atoms with Gasteiger partial charge in [0, 0.05) is 0 Å². The third-order valence-corrected chi connectivity index (χ3v) is 5.24. The lowest BCUT2D eigenvalue weighted by Crippen LogP contribution is -2.20. The predicted molar refractivity (Wildman–Crippen MR) is 99.3 cm³/mol. The third kappa shape index (κ3) is 6.58. The summed E-state index contributed by atoms with van der Waals surface area (Å²) < 4.78 is 39.6. The molecular formula is C19H20O8S. The highest BCUT2D eigenvalue weighted by Gasteiger charge is 2.16. The molecule has 150 valence electrons. The Morgan fingerprint density at radius 1 is 0.929 bits per heavy atom. The van der Waals surface area contributed by atoms with E-state index in [2.05, 4.69) is 0 Å². The van der Waals surface area contributed by atoms with E-state index in [0.717, 1.165) is 5.56 Å². The van der Waals surface area contributed by atoms with Crippen molar-refractivity contribution < 1.29 is 37.3 Å². The first-order chi connectivity index (χ1) is 13.3. The van der Waals surface area contributed by atoms with Crippen molar-refractivity contribution in [2.24, 2.45) is 0 Å². The molecule has 0 amide bonds. The molecule has 2 aromatic rings.